The van der Waals surface area contributed by atoms with Crippen LogP contribution in [-0.2, 0) is 0 Å². The average Bonchev–Trinajstić information content (AvgIpc) is 2.28. The number of benzene rings is 1. The largest absolute Gasteiger partial charge is 0.346 e. The molecule has 3 heteroatoms. The number of nitrogens with zero attached hydrogens (tertiary/aromatic N) is 2. The maximum absolute atomic E-state index is 11.9. The van der Waals surface area contributed by atoms with Gasteiger partial charge in [-0.25, -0.2) is 0 Å². The second-order valence-corrected chi connectivity index (χ2v) is 4.23. The fourth-order valence-corrected chi connectivity index (χ4v) is 1.74. The minimum atomic E-state index is 0.0182. The monoisotopic (exact) mass is 232 g/mol. The molecule has 0 aliphatic carbocycles. The number of carbonyl (C=O) groups excluding carboxylic acids is 1. The molecule has 0 N–H and O–H groups in total. The molecule has 0 saturated heterocycles. The van der Waals surface area contributed by atoms with Crippen LogP contribution in [0.5, 0.6) is 0 Å². The molecule has 1 aromatic rings. The molecule has 0 fully saturated rings. The van der Waals surface area contributed by atoms with Gasteiger partial charge < -0.3 is 9.80 Å². The van der Waals surface area contributed by atoms with Crippen molar-refractivity contribution in [1.82, 2.24) is 4.90 Å². The van der Waals surface area contributed by atoms with E-state index in [9.17, 15) is 4.79 Å². The first kappa shape index (κ1) is 13.3. The Balaban J connectivity index is 3.08. The van der Waals surface area contributed by atoms with E-state index in [1.54, 1.807) is 19.0 Å². The number of hydrogen-bond donors (Lipinski definition) is 0. The lowest BCUT2D eigenvalue weighted by atomic mass is 10.1. The van der Waals surface area contributed by atoms with Gasteiger partial charge in [-0.15, -0.1) is 0 Å². The van der Waals surface area contributed by atoms with E-state index in [1.807, 2.05) is 31.2 Å². The number of rotatable bonds is 4. The Hall–Kier alpha value is -1.77. The van der Waals surface area contributed by atoms with Crippen molar-refractivity contribution in [3.8, 4) is 0 Å². The maximum atomic E-state index is 11.9. The highest BCUT2D eigenvalue weighted by molar-refractivity contribution is 5.94. The van der Waals surface area contributed by atoms with Gasteiger partial charge in [0.05, 0.1) is 0 Å². The zero-order chi connectivity index (χ0) is 13.0. The molecule has 0 aliphatic rings. The van der Waals surface area contributed by atoms with Crippen molar-refractivity contribution in [2.45, 2.75) is 13.8 Å². The van der Waals surface area contributed by atoms with Gasteiger partial charge in [0, 0.05) is 37.6 Å². The summed E-state index contributed by atoms with van der Waals surface area (Å²) in [5, 5.41) is 0. The minimum absolute atomic E-state index is 0.0182. The molecular formula is C14H20N2O. The van der Waals surface area contributed by atoms with E-state index < -0.39 is 0 Å². The molecular weight excluding hydrogens is 212 g/mol. The quantitative estimate of drug-likeness (QED) is 0.797. The van der Waals surface area contributed by atoms with Crippen LogP contribution in [0.3, 0.4) is 0 Å². The van der Waals surface area contributed by atoms with Crippen LogP contribution in [-0.4, -0.2) is 31.4 Å². The highest BCUT2D eigenvalue weighted by atomic mass is 16.2. The molecule has 1 rings (SSSR count). The lowest BCUT2D eigenvalue weighted by molar-refractivity contribution is 0.0827. The summed E-state index contributed by atoms with van der Waals surface area (Å²) in [6.07, 6.45) is 0. The van der Waals surface area contributed by atoms with Gasteiger partial charge in [0.15, 0.2) is 0 Å². The van der Waals surface area contributed by atoms with Crippen molar-refractivity contribution in [3.05, 3.63) is 42.1 Å². The second-order valence-electron chi connectivity index (χ2n) is 4.23. The van der Waals surface area contributed by atoms with Gasteiger partial charge in [0.25, 0.3) is 5.91 Å². The van der Waals surface area contributed by atoms with Gasteiger partial charge in [-0.3, -0.25) is 4.79 Å². The Labute approximate surface area is 103 Å². The average molecular weight is 232 g/mol. The summed E-state index contributed by atoms with van der Waals surface area (Å²) in [4.78, 5) is 15.5. The van der Waals surface area contributed by atoms with Crippen molar-refractivity contribution in [2.24, 2.45) is 0 Å². The number of anilines is 1. The number of carbonyl (C=O) groups is 1. The lowest BCUT2D eigenvalue weighted by Crippen LogP contribution is -2.23. The lowest BCUT2D eigenvalue weighted by Gasteiger charge is -2.23. The van der Waals surface area contributed by atoms with Gasteiger partial charge >= 0.3 is 0 Å². The van der Waals surface area contributed by atoms with E-state index in [0.717, 1.165) is 17.9 Å². The number of allylic oxidation sites excluding steroid dienone is 1. The SMILES string of the molecule is C=C(C)N(CC)c1cccc(C(=O)N(C)C)c1. The molecule has 0 bridgehead atoms. The van der Waals surface area contributed by atoms with Crippen LogP contribution in [0, 0.1) is 0 Å². The summed E-state index contributed by atoms with van der Waals surface area (Å²) in [6.45, 7) is 8.81. The summed E-state index contributed by atoms with van der Waals surface area (Å²) in [5.41, 5.74) is 2.68. The van der Waals surface area contributed by atoms with Gasteiger partial charge in [0.1, 0.15) is 0 Å². The van der Waals surface area contributed by atoms with E-state index >= 15 is 0 Å². The van der Waals surface area contributed by atoms with E-state index in [1.165, 1.54) is 0 Å². The standard InChI is InChI=1S/C14H20N2O/c1-6-16(11(2)3)13-9-7-8-12(10-13)14(17)15(4)5/h7-10H,2,6H2,1,3-5H3. The van der Waals surface area contributed by atoms with Crippen molar-refractivity contribution >= 4 is 11.6 Å². The second kappa shape index (κ2) is 5.53. The molecule has 0 heterocycles. The Morgan fingerprint density at radius 3 is 2.47 bits per heavy atom. The van der Waals surface area contributed by atoms with Crippen LogP contribution in [0.25, 0.3) is 0 Å². The van der Waals surface area contributed by atoms with E-state index in [4.69, 9.17) is 0 Å². The highest BCUT2D eigenvalue weighted by Gasteiger charge is 2.11. The molecule has 0 atom stereocenters. The highest BCUT2D eigenvalue weighted by Crippen LogP contribution is 2.20. The molecule has 1 aromatic carbocycles. The first-order chi connectivity index (χ1) is 7.97. The van der Waals surface area contributed by atoms with Crippen LogP contribution < -0.4 is 4.90 Å². The third kappa shape index (κ3) is 3.09. The predicted molar refractivity (Wildman–Crippen MR) is 72.3 cm³/mol. The number of amides is 1. The van der Waals surface area contributed by atoms with Crippen molar-refractivity contribution in [2.75, 3.05) is 25.5 Å². The molecule has 0 aromatic heterocycles. The van der Waals surface area contributed by atoms with Crippen LogP contribution in [0.1, 0.15) is 24.2 Å². The predicted octanol–water partition coefficient (Wildman–Crippen LogP) is 2.75. The smallest absolute Gasteiger partial charge is 0.253 e. The van der Waals surface area contributed by atoms with Gasteiger partial charge in [-0.1, -0.05) is 12.6 Å². The van der Waals surface area contributed by atoms with Gasteiger partial charge in [-0.2, -0.15) is 0 Å². The van der Waals surface area contributed by atoms with Crippen molar-refractivity contribution < 1.29 is 4.79 Å². The summed E-state index contributed by atoms with van der Waals surface area (Å²) in [7, 11) is 3.51. The van der Waals surface area contributed by atoms with Crippen LogP contribution in [0.2, 0.25) is 0 Å². The normalized spacial score (nSPS) is 9.88. The number of hydrogen-bond acceptors (Lipinski definition) is 2. The molecule has 1 amide bonds. The first-order valence-electron chi connectivity index (χ1n) is 5.72. The minimum Gasteiger partial charge on any atom is -0.346 e. The van der Waals surface area contributed by atoms with E-state index in [2.05, 4.69) is 18.4 Å². The van der Waals surface area contributed by atoms with Crippen LogP contribution in [0.4, 0.5) is 5.69 Å². The Bertz CT molecular complexity index is 424. The van der Waals surface area contributed by atoms with Gasteiger partial charge in [-0.05, 0) is 32.0 Å². The molecule has 0 radical (unpaired) electrons. The van der Waals surface area contributed by atoms with Crippen molar-refractivity contribution in [1.29, 1.82) is 0 Å². The zero-order valence-corrected chi connectivity index (χ0v) is 11.0. The van der Waals surface area contributed by atoms with E-state index in [-0.39, 0.29) is 5.91 Å². The third-order valence-corrected chi connectivity index (χ3v) is 2.59. The summed E-state index contributed by atoms with van der Waals surface area (Å²) < 4.78 is 0. The van der Waals surface area contributed by atoms with Crippen molar-refractivity contribution in [3.63, 3.8) is 0 Å². The Kier molecular flexibility index (Phi) is 4.32. The topological polar surface area (TPSA) is 23.6 Å². The fourth-order valence-electron chi connectivity index (χ4n) is 1.74. The molecule has 0 unspecified atom stereocenters. The maximum Gasteiger partial charge on any atom is 0.253 e. The molecule has 17 heavy (non-hydrogen) atoms. The molecule has 0 spiro atoms. The molecule has 0 aliphatic heterocycles. The molecule has 0 saturated carbocycles. The zero-order valence-electron chi connectivity index (χ0n) is 11.0. The Morgan fingerprint density at radius 2 is 2.00 bits per heavy atom. The third-order valence-electron chi connectivity index (χ3n) is 2.59. The summed E-state index contributed by atoms with van der Waals surface area (Å²) in [5.74, 6) is 0.0182. The first-order valence-corrected chi connectivity index (χ1v) is 5.72. The Morgan fingerprint density at radius 1 is 1.35 bits per heavy atom. The summed E-state index contributed by atoms with van der Waals surface area (Å²) in [6, 6.07) is 7.63. The van der Waals surface area contributed by atoms with Crippen LogP contribution >= 0.6 is 0 Å². The molecule has 92 valence electrons. The van der Waals surface area contributed by atoms with Crippen LogP contribution in [0.15, 0.2) is 36.5 Å². The summed E-state index contributed by atoms with van der Waals surface area (Å²) >= 11 is 0. The molecule has 3 nitrogen and oxygen atoms in total. The van der Waals surface area contributed by atoms with E-state index in [0.29, 0.717) is 5.56 Å². The van der Waals surface area contributed by atoms with Gasteiger partial charge in [0.2, 0.25) is 0 Å². The fraction of sp³-hybridized carbons (Fsp3) is 0.357.